The highest BCUT2D eigenvalue weighted by Gasteiger charge is 2.29. The van der Waals surface area contributed by atoms with Gasteiger partial charge in [0.2, 0.25) is 0 Å². The number of aryl methyl sites for hydroxylation is 2. The van der Waals surface area contributed by atoms with Crippen LogP contribution >= 0.6 is 0 Å². The van der Waals surface area contributed by atoms with Gasteiger partial charge in [-0.15, -0.1) is 0 Å². The topological polar surface area (TPSA) is 15.8 Å². The van der Waals surface area contributed by atoms with E-state index in [4.69, 9.17) is 1.37 Å². The Balaban J connectivity index is 1.72. The molecule has 2 aromatic carbocycles. The summed E-state index contributed by atoms with van der Waals surface area (Å²) in [5.41, 5.74) is 2.24. The second-order valence-corrected chi connectivity index (χ2v) is 5.01. The first-order chi connectivity index (χ1) is 10.4. The zero-order valence-corrected chi connectivity index (χ0v) is 11.2. The lowest BCUT2D eigenvalue weighted by molar-refractivity contribution is -0.137. The van der Waals surface area contributed by atoms with E-state index in [0.29, 0.717) is 12.5 Å². The molecular formula is C17H14F3N. The van der Waals surface area contributed by atoms with Crippen molar-refractivity contribution in [1.82, 2.24) is 4.98 Å². The molecule has 0 aliphatic heterocycles. The lowest BCUT2D eigenvalue weighted by atomic mass is 10.0. The second-order valence-electron chi connectivity index (χ2n) is 5.01. The summed E-state index contributed by atoms with van der Waals surface area (Å²) in [5.74, 6) is 0. The maximum absolute atomic E-state index is 12.5. The predicted octanol–water partition coefficient (Wildman–Crippen LogP) is 4.97. The first kappa shape index (κ1) is 12.5. The van der Waals surface area contributed by atoms with Gasteiger partial charge < -0.3 is 4.98 Å². The molecular weight excluding hydrogens is 275 g/mol. The SMILES string of the molecule is [2H]c1c[nH]c2ccc(CCc3ccc(C(F)(F)F)cc3)cc12. The van der Waals surface area contributed by atoms with Crippen LogP contribution in [0.5, 0.6) is 0 Å². The smallest absolute Gasteiger partial charge is 0.361 e. The standard InChI is InChI=1S/C17H14F3N/c18-17(19,20)15-6-3-12(4-7-15)1-2-13-5-8-16-14(11-13)9-10-21-16/h3-11,21H,1-2H2/i9D. The van der Waals surface area contributed by atoms with Crippen LogP contribution in [-0.2, 0) is 19.0 Å². The van der Waals surface area contributed by atoms with Gasteiger partial charge in [-0.1, -0.05) is 18.2 Å². The molecule has 1 heterocycles. The summed E-state index contributed by atoms with van der Waals surface area (Å²) in [6, 6.07) is 11.6. The van der Waals surface area contributed by atoms with Gasteiger partial charge in [0, 0.05) is 11.7 Å². The van der Waals surface area contributed by atoms with Gasteiger partial charge >= 0.3 is 6.18 Å². The van der Waals surface area contributed by atoms with E-state index in [0.717, 1.165) is 40.6 Å². The van der Waals surface area contributed by atoms with Crippen LogP contribution in [0.15, 0.2) is 54.7 Å². The molecule has 0 aliphatic carbocycles. The Labute approximate surface area is 121 Å². The highest BCUT2D eigenvalue weighted by atomic mass is 19.4. The molecule has 0 aliphatic rings. The second kappa shape index (κ2) is 5.28. The molecule has 1 nitrogen and oxygen atoms in total. The number of rotatable bonds is 3. The Morgan fingerprint density at radius 2 is 1.62 bits per heavy atom. The van der Waals surface area contributed by atoms with Gasteiger partial charge in [0.15, 0.2) is 0 Å². The molecule has 0 spiro atoms. The molecule has 21 heavy (non-hydrogen) atoms. The number of H-pyrrole nitrogens is 1. The van der Waals surface area contributed by atoms with E-state index < -0.39 is 11.7 Å². The summed E-state index contributed by atoms with van der Waals surface area (Å²) in [6.07, 6.45) is -1.25. The first-order valence-corrected chi connectivity index (χ1v) is 6.66. The van der Waals surface area contributed by atoms with Crippen molar-refractivity contribution in [3.8, 4) is 0 Å². The molecule has 1 N–H and O–H groups in total. The first-order valence-electron chi connectivity index (χ1n) is 7.16. The molecule has 4 heteroatoms. The van der Waals surface area contributed by atoms with E-state index in [2.05, 4.69) is 4.98 Å². The molecule has 3 aromatic rings. The molecule has 0 unspecified atom stereocenters. The molecule has 0 bridgehead atoms. The lowest BCUT2D eigenvalue weighted by Gasteiger charge is -2.07. The van der Waals surface area contributed by atoms with E-state index in [-0.39, 0.29) is 0 Å². The number of fused-ring (bicyclic) bond motifs is 1. The van der Waals surface area contributed by atoms with Crippen molar-refractivity contribution in [2.45, 2.75) is 19.0 Å². The Kier molecular flexibility index (Phi) is 3.14. The molecule has 0 saturated heterocycles. The molecule has 0 radical (unpaired) electrons. The Morgan fingerprint density at radius 1 is 0.952 bits per heavy atom. The third-order valence-electron chi connectivity index (χ3n) is 3.52. The highest BCUT2D eigenvalue weighted by molar-refractivity contribution is 5.79. The Hall–Kier alpha value is -2.23. The average Bonchev–Trinajstić information content (AvgIpc) is 2.86. The summed E-state index contributed by atoms with van der Waals surface area (Å²) < 4.78 is 45.3. The van der Waals surface area contributed by atoms with Crippen molar-refractivity contribution < 1.29 is 14.5 Å². The van der Waals surface area contributed by atoms with Crippen LogP contribution in [0.3, 0.4) is 0 Å². The Morgan fingerprint density at radius 3 is 2.33 bits per heavy atom. The maximum Gasteiger partial charge on any atom is 0.416 e. The molecule has 108 valence electrons. The summed E-state index contributed by atoms with van der Waals surface area (Å²) in [5, 5.41) is 0.866. The fourth-order valence-corrected chi connectivity index (χ4v) is 2.33. The van der Waals surface area contributed by atoms with Crippen LogP contribution in [0.25, 0.3) is 10.9 Å². The number of hydrogen-bond acceptors (Lipinski definition) is 0. The number of nitrogens with one attached hydrogen (secondary N) is 1. The van der Waals surface area contributed by atoms with Gasteiger partial charge in [-0.3, -0.25) is 0 Å². The summed E-state index contributed by atoms with van der Waals surface area (Å²) in [6.45, 7) is 0. The van der Waals surface area contributed by atoms with Crippen molar-refractivity contribution >= 4 is 10.9 Å². The molecule has 0 amide bonds. The van der Waals surface area contributed by atoms with Crippen molar-refractivity contribution in [3.05, 3.63) is 71.4 Å². The number of benzene rings is 2. The molecule has 0 atom stereocenters. The van der Waals surface area contributed by atoms with Crippen molar-refractivity contribution in [2.24, 2.45) is 0 Å². The fourth-order valence-electron chi connectivity index (χ4n) is 2.33. The van der Waals surface area contributed by atoms with Crippen LogP contribution in [0.4, 0.5) is 13.2 Å². The summed E-state index contributed by atoms with van der Waals surface area (Å²) in [7, 11) is 0. The minimum Gasteiger partial charge on any atom is -0.361 e. The zero-order chi connectivity index (χ0) is 15.7. The number of aromatic amines is 1. The number of halogens is 3. The van der Waals surface area contributed by atoms with E-state index in [1.54, 1.807) is 6.20 Å². The third kappa shape index (κ3) is 3.10. The Bertz CT molecular complexity index is 788. The highest BCUT2D eigenvalue weighted by Crippen LogP contribution is 2.29. The van der Waals surface area contributed by atoms with Crippen molar-refractivity contribution in [3.63, 3.8) is 0 Å². The predicted molar refractivity (Wildman–Crippen MR) is 77.2 cm³/mol. The average molecular weight is 290 g/mol. The monoisotopic (exact) mass is 290 g/mol. The normalized spacial score (nSPS) is 12.6. The van der Waals surface area contributed by atoms with E-state index >= 15 is 0 Å². The number of alkyl halides is 3. The van der Waals surface area contributed by atoms with E-state index in [1.165, 1.54) is 12.1 Å². The molecule has 3 rings (SSSR count). The van der Waals surface area contributed by atoms with Crippen LogP contribution in [0, 0.1) is 0 Å². The molecule has 0 fully saturated rings. The molecule has 0 saturated carbocycles. The summed E-state index contributed by atoms with van der Waals surface area (Å²) >= 11 is 0. The largest absolute Gasteiger partial charge is 0.416 e. The van der Waals surface area contributed by atoms with Crippen molar-refractivity contribution in [2.75, 3.05) is 0 Å². The van der Waals surface area contributed by atoms with Gasteiger partial charge in [0.1, 0.15) is 0 Å². The number of aromatic nitrogens is 1. The van der Waals surface area contributed by atoms with Crippen LogP contribution in [0.1, 0.15) is 18.1 Å². The van der Waals surface area contributed by atoms with E-state index in [1.807, 2.05) is 18.2 Å². The quantitative estimate of drug-likeness (QED) is 0.701. The van der Waals surface area contributed by atoms with Gasteiger partial charge in [0.05, 0.1) is 6.93 Å². The fraction of sp³-hybridized carbons (Fsp3) is 0.176. The number of hydrogen-bond donors (Lipinski definition) is 1. The van der Waals surface area contributed by atoms with Crippen LogP contribution < -0.4 is 0 Å². The lowest BCUT2D eigenvalue weighted by Crippen LogP contribution is -2.04. The zero-order valence-electron chi connectivity index (χ0n) is 12.2. The minimum atomic E-state index is -4.29. The molecule has 1 aromatic heterocycles. The van der Waals surface area contributed by atoms with Crippen molar-refractivity contribution in [1.29, 1.82) is 0 Å². The summed E-state index contributed by atoms with van der Waals surface area (Å²) in [4.78, 5) is 3.02. The van der Waals surface area contributed by atoms with Crippen LogP contribution in [-0.4, -0.2) is 4.98 Å². The maximum atomic E-state index is 12.5. The van der Waals surface area contributed by atoms with Crippen LogP contribution in [0.2, 0.25) is 0 Å². The van der Waals surface area contributed by atoms with Gasteiger partial charge in [-0.2, -0.15) is 13.2 Å². The van der Waals surface area contributed by atoms with Gasteiger partial charge in [-0.05, 0) is 59.7 Å². The van der Waals surface area contributed by atoms with Gasteiger partial charge in [-0.25, -0.2) is 0 Å². The van der Waals surface area contributed by atoms with E-state index in [9.17, 15) is 13.2 Å². The third-order valence-corrected chi connectivity index (χ3v) is 3.52. The van der Waals surface area contributed by atoms with Gasteiger partial charge in [0.25, 0.3) is 0 Å². The minimum absolute atomic E-state index is 0.450.